The highest BCUT2D eigenvalue weighted by atomic mass is 35.5. The molecule has 0 aliphatic heterocycles. The van der Waals surface area contributed by atoms with E-state index in [4.69, 9.17) is 20.9 Å². The highest BCUT2D eigenvalue weighted by Crippen LogP contribution is 2.21. The highest BCUT2D eigenvalue weighted by molar-refractivity contribution is 6.32. The smallest absolute Gasteiger partial charge is 0.250 e. The van der Waals surface area contributed by atoms with Gasteiger partial charge in [-0.1, -0.05) is 35.0 Å². The quantitative estimate of drug-likeness (QED) is 0.708. The van der Waals surface area contributed by atoms with E-state index in [0.29, 0.717) is 16.7 Å². The average Bonchev–Trinajstić information content (AvgIpc) is 3.03. The lowest BCUT2D eigenvalue weighted by Gasteiger charge is -1.98. The summed E-state index contributed by atoms with van der Waals surface area (Å²) in [5, 5.41) is 4.64. The first kappa shape index (κ1) is 14.4. The van der Waals surface area contributed by atoms with Crippen molar-refractivity contribution < 1.29 is 9.26 Å². The van der Waals surface area contributed by atoms with Crippen LogP contribution in [0.4, 0.5) is 0 Å². The zero-order valence-electron chi connectivity index (χ0n) is 11.9. The summed E-state index contributed by atoms with van der Waals surface area (Å²) in [6.45, 7) is 0. The van der Waals surface area contributed by atoms with Crippen molar-refractivity contribution in [1.82, 2.24) is 10.1 Å². The molecule has 3 aromatic rings. The fraction of sp³-hybridized carbons (Fsp3) is 0.0588. The van der Waals surface area contributed by atoms with Crippen LogP contribution in [0.3, 0.4) is 0 Å². The zero-order chi connectivity index (χ0) is 15.4. The first-order chi connectivity index (χ1) is 10.8. The number of hydrogen-bond acceptors (Lipinski definition) is 4. The van der Waals surface area contributed by atoms with Crippen LogP contribution in [0.1, 0.15) is 11.5 Å². The van der Waals surface area contributed by atoms with Gasteiger partial charge in [0.25, 0.3) is 5.89 Å². The molecule has 0 aliphatic rings. The molecule has 0 unspecified atom stereocenters. The van der Waals surface area contributed by atoms with Crippen LogP contribution in [0.5, 0.6) is 5.75 Å². The lowest BCUT2D eigenvalue weighted by Crippen LogP contribution is -1.84. The van der Waals surface area contributed by atoms with Crippen LogP contribution >= 0.6 is 11.6 Å². The van der Waals surface area contributed by atoms with Gasteiger partial charge in [0.15, 0.2) is 0 Å². The number of aromatic nitrogens is 2. The predicted octanol–water partition coefficient (Wildman–Crippen LogP) is 4.57. The predicted molar refractivity (Wildman–Crippen MR) is 86.7 cm³/mol. The summed E-state index contributed by atoms with van der Waals surface area (Å²) < 4.78 is 10.3. The van der Waals surface area contributed by atoms with Crippen LogP contribution in [0.2, 0.25) is 5.02 Å². The van der Waals surface area contributed by atoms with Crippen molar-refractivity contribution in [3.8, 4) is 17.1 Å². The Kier molecular flexibility index (Phi) is 4.21. The number of halogens is 1. The molecular formula is C17H13ClN2O2. The van der Waals surface area contributed by atoms with Crippen molar-refractivity contribution in [3.63, 3.8) is 0 Å². The van der Waals surface area contributed by atoms with Gasteiger partial charge in [-0.2, -0.15) is 4.98 Å². The molecule has 0 spiro atoms. The molecule has 22 heavy (non-hydrogen) atoms. The third kappa shape index (κ3) is 3.18. The molecule has 0 N–H and O–H groups in total. The zero-order valence-corrected chi connectivity index (χ0v) is 12.6. The molecule has 0 saturated carbocycles. The van der Waals surface area contributed by atoms with Gasteiger partial charge < -0.3 is 9.26 Å². The van der Waals surface area contributed by atoms with Crippen LogP contribution in [0.15, 0.2) is 53.1 Å². The fourth-order valence-corrected chi connectivity index (χ4v) is 2.13. The number of nitrogens with zero attached hydrogens (tertiary/aromatic N) is 2. The second kappa shape index (κ2) is 6.45. The van der Waals surface area contributed by atoms with Crippen molar-refractivity contribution in [2.24, 2.45) is 0 Å². The molecular weight excluding hydrogens is 300 g/mol. The maximum Gasteiger partial charge on any atom is 0.250 e. The maximum atomic E-state index is 6.09. The molecule has 0 bridgehead atoms. The Bertz CT molecular complexity index is 794. The first-order valence-corrected chi connectivity index (χ1v) is 7.05. The summed E-state index contributed by atoms with van der Waals surface area (Å²) >= 11 is 6.09. The van der Waals surface area contributed by atoms with Crippen molar-refractivity contribution in [1.29, 1.82) is 0 Å². The number of hydrogen-bond donors (Lipinski definition) is 0. The van der Waals surface area contributed by atoms with Crippen LogP contribution < -0.4 is 4.74 Å². The molecule has 3 rings (SSSR count). The first-order valence-electron chi connectivity index (χ1n) is 6.67. The minimum atomic E-state index is 0.422. The number of rotatable bonds is 4. The van der Waals surface area contributed by atoms with Crippen LogP contribution in [0.25, 0.3) is 23.5 Å². The van der Waals surface area contributed by atoms with Gasteiger partial charge in [-0.25, -0.2) is 0 Å². The van der Waals surface area contributed by atoms with Crippen molar-refractivity contribution in [2.75, 3.05) is 7.11 Å². The summed E-state index contributed by atoms with van der Waals surface area (Å²) in [5.41, 5.74) is 1.76. The number of ether oxygens (including phenoxy) is 1. The Morgan fingerprint density at radius 2 is 1.82 bits per heavy atom. The molecule has 0 fully saturated rings. The molecule has 1 aromatic heterocycles. The Balaban J connectivity index is 1.80. The van der Waals surface area contributed by atoms with E-state index in [0.717, 1.165) is 16.9 Å². The summed E-state index contributed by atoms with van der Waals surface area (Å²) in [4.78, 5) is 4.33. The molecule has 0 aliphatic carbocycles. The lowest BCUT2D eigenvalue weighted by molar-refractivity contribution is 0.411. The monoisotopic (exact) mass is 312 g/mol. The lowest BCUT2D eigenvalue weighted by atomic mass is 10.2. The standard InChI is InChI=1S/C17H13ClN2O2/c1-21-14-9-6-13(7-10-14)17-19-16(22-20-17)11-8-12-4-2-3-5-15(12)18/h2-11H,1H3. The topological polar surface area (TPSA) is 48.2 Å². The molecule has 2 aromatic carbocycles. The van der Waals surface area contributed by atoms with E-state index in [-0.39, 0.29) is 0 Å². The van der Waals surface area contributed by atoms with E-state index in [2.05, 4.69) is 10.1 Å². The number of methoxy groups -OCH3 is 1. The van der Waals surface area contributed by atoms with Gasteiger partial charge in [0.05, 0.1) is 7.11 Å². The van der Waals surface area contributed by atoms with E-state index in [1.807, 2.05) is 54.6 Å². The van der Waals surface area contributed by atoms with Crippen molar-refractivity contribution in [2.45, 2.75) is 0 Å². The van der Waals surface area contributed by atoms with E-state index >= 15 is 0 Å². The molecule has 5 heteroatoms. The van der Waals surface area contributed by atoms with E-state index in [1.165, 1.54) is 0 Å². The van der Waals surface area contributed by atoms with Crippen LogP contribution in [-0.4, -0.2) is 17.3 Å². The second-order valence-corrected chi connectivity index (χ2v) is 4.95. The molecule has 110 valence electrons. The van der Waals surface area contributed by atoms with Gasteiger partial charge in [0.2, 0.25) is 5.82 Å². The maximum absolute atomic E-state index is 6.09. The number of benzene rings is 2. The Hall–Kier alpha value is -2.59. The Morgan fingerprint density at radius 1 is 1.05 bits per heavy atom. The third-order valence-electron chi connectivity index (χ3n) is 3.10. The molecule has 1 heterocycles. The van der Waals surface area contributed by atoms with Gasteiger partial charge in [-0.15, -0.1) is 0 Å². The molecule has 0 amide bonds. The van der Waals surface area contributed by atoms with E-state index in [1.54, 1.807) is 13.2 Å². The summed E-state index contributed by atoms with van der Waals surface area (Å²) in [5.74, 6) is 1.73. The van der Waals surface area contributed by atoms with Gasteiger partial charge in [-0.05, 0) is 42.0 Å². The van der Waals surface area contributed by atoms with Gasteiger partial charge in [0.1, 0.15) is 5.75 Å². The Labute approximate surface area is 133 Å². The van der Waals surface area contributed by atoms with Crippen molar-refractivity contribution >= 4 is 23.8 Å². The van der Waals surface area contributed by atoms with E-state index < -0.39 is 0 Å². The summed E-state index contributed by atoms with van der Waals surface area (Å²) in [7, 11) is 1.63. The molecule has 4 nitrogen and oxygen atoms in total. The van der Waals surface area contributed by atoms with E-state index in [9.17, 15) is 0 Å². The van der Waals surface area contributed by atoms with Crippen LogP contribution in [0, 0.1) is 0 Å². The molecule has 0 atom stereocenters. The highest BCUT2D eigenvalue weighted by Gasteiger charge is 2.06. The largest absolute Gasteiger partial charge is 0.497 e. The Morgan fingerprint density at radius 3 is 2.55 bits per heavy atom. The normalized spacial score (nSPS) is 11.0. The molecule has 0 radical (unpaired) electrons. The summed E-state index contributed by atoms with van der Waals surface area (Å²) in [6, 6.07) is 15.0. The third-order valence-corrected chi connectivity index (χ3v) is 3.44. The van der Waals surface area contributed by atoms with Gasteiger partial charge in [-0.3, -0.25) is 0 Å². The minimum Gasteiger partial charge on any atom is -0.497 e. The summed E-state index contributed by atoms with van der Waals surface area (Å²) in [6.07, 6.45) is 3.58. The van der Waals surface area contributed by atoms with Crippen LogP contribution in [-0.2, 0) is 0 Å². The fourth-order valence-electron chi connectivity index (χ4n) is 1.93. The minimum absolute atomic E-state index is 0.422. The van der Waals surface area contributed by atoms with Gasteiger partial charge in [0, 0.05) is 16.7 Å². The average molecular weight is 313 g/mol. The second-order valence-electron chi connectivity index (χ2n) is 4.54. The SMILES string of the molecule is COc1ccc(-c2noc(C=Cc3ccccc3Cl)n2)cc1. The molecule has 0 saturated heterocycles. The van der Waals surface area contributed by atoms with Crippen molar-refractivity contribution in [3.05, 3.63) is 65.0 Å². The van der Waals surface area contributed by atoms with Gasteiger partial charge >= 0.3 is 0 Å².